The van der Waals surface area contributed by atoms with Crippen LogP contribution in [-0.4, -0.2) is 10.5 Å². The second kappa shape index (κ2) is 7.20. The molecule has 0 unspecified atom stereocenters. The van der Waals surface area contributed by atoms with Crippen LogP contribution in [0.5, 0.6) is 0 Å². The zero-order chi connectivity index (χ0) is 17.6. The molecule has 6 heteroatoms. The summed E-state index contributed by atoms with van der Waals surface area (Å²) in [5, 5.41) is 21.6. The van der Waals surface area contributed by atoms with Crippen LogP contribution in [0.15, 0.2) is 58.8 Å². The van der Waals surface area contributed by atoms with Gasteiger partial charge in [0.2, 0.25) is 5.91 Å². The maximum atomic E-state index is 12.2. The third-order valence-corrected chi connectivity index (χ3v) is 3.71. The molecule has 0 aliphatic rings. The van der Waals surface area contributed by atoms with Crippen molar-refractivity contribution in [2.24, 2.45) is 0 Å². The van der Waals surface area contributed by atoms with Gasteiger partial charge in [-0.05, 0) is 24.3 Å². The van der Waals surface area contributed by atoms with E-state index in [0.717, 1.165) is 16.5 Å². The highest BCUT2D eigenvalue weighted by atomic mass is 16.3. The van der Waals surface area contributed by atoms with Crippen LogP contribution >= 0.6 is 0 Å². The van der Waals surface area contributed by atoms with E-state index in [-0.39, 0.29) is 18.0 Å². The number of benzene rings is 1. The van der Waals surface area contributed by atoms with Gasteiger partial charge in [0.05, 0.1) is 12.8 Å². The monoisotopic (exact) mass is 330 g/mol. The Kier molecular flexibility index (Phi) is 4.64. The van der Waals surface area contributed by atoms with Gasteiger partial charge < -0.3 is 14.3 Å². The quantitative estimate of drug-likeness (QED) is 0.728. The highest BCUT2D eigenvalue weighted by Crippen LogP contribution is 2.23. The number of rotatable bonds is 5. The SMILES string of the molecule is N#CC(C#N)=Cc1cn(CC(=O)NCc2ccco2)c2ccccc12. The molecule has 6 nitrogen and oxygen atoms in total. The molecule has 3 aromatic rings. The number of nitrogens with zero attached hydrogens (tertiary/aromatic N) is 3. The van der Waals surface area contributed by atoms with Crippen molar-refractivity contribution in [1.29, 1.82) is 10.5 Å². The van der Waals surface area contributed by atoms with Gasteiger partial charge in [-0.3, -0.25) is 4.79 Å². The lowest BCUT2D eigenvalue weighted by molar-refractivity contribution is -0.121. The van der Waals surface area contributed by atoms with E-state index in [1.54, 1.807) is 29.2 Å². The number of aromatic nitrogens is 1. The van der Waals surface area contributed by atoms with Crippen LogP contribution < -0.4 is 5.32 Å². The van der Waals surface area contributed by atoms with Crippen molar-refractivity contribution < 1.29 is 9.21 Å². The lowest BCUT2D eigenvalue weighted by atomic mass is 10.1. The number of allylic oxidation sites excluding steroid dienone is 1. The van der Waals surface area contributed by atoms with Crippen molar-refractivity contribution in [2.45, 2.75) is 13.1 Å². The summed E-state index contributed by atoms with van der Waals surface area (Å²) in [5.41, 5.74) is 1.61. The third-order valence-electron chi connectivity index (χ3n) is 3.71. The molecule has 0 saturated heterocycles. The first-order chi connectivity index (χ1) is 12.2. The van der Waals surface area contributed by atoms with Gasteiger partial charge in [0.15, 0.2) is 0 Å². The lowest BCUT2D eigenvalue weighted by Crippen LogP contribution is -2.26. The highest BCUT2D eigenvalue weighted by molar-refractivity contribution is 5.91. The third kappa shape index (κ3) is 3.60. The molecule has 2 heterocycles. The number of nitrogens with one attached hydrogen (secondary N) is 1. The summed E-state index contributed by atoms with van der Waals surface area (Å²) in [6.07, 6.45) is 4.85. The minimum Gasteiger partial charge on any atom is -0.467 e. The second-order valence-electron chi connectivity index (χ2n) is 5.37. The first-order valence-corrected chi connectivity index (χ1v) is 7.60. The van der Waals surface area contributed by atoms with Gasteiger partial charge >= 0.3 is 0 Å². The van der Waals surface area contributed by atoms with E-state index < -0.39 is 0 Å². The molecule has 0 saturated carbocycles. The lowest BCUT2D eigenvalue weighted by Gasteiger charge is -2.06. The Bertz CT molecular complexity index is 998. The number of hydrogen-bond donors (Lipinski definition) is 1. The molecule has 0 fully saturated rings. The van der Waals surface area contributed by atoms with Crippen molar-refractivity contribution >= 4 is 22.9 Å². The summed E-state index contributed by atoms with van der Waals surface area (Å²) in [4.78, 5) is 12.2. The second-order valence-corrected chi connectivity index (χ2v) is 5.37. The van der Waals surface area contributed by atoms with Gasteiger partial charge in [-0.1, -0.05) is 18.2 Å². The Labute approximate surface area is 144 Å². The number of para-hydroxylation sites is 1. The van der Waals surface area contributed by atoms with Crippen LogP contribution in [0.1, 0.15) is 11.3 Å². The Morgan fingerprint density at radius 3 is 2.72 bits per heavy atom. The Balaban J connectivity index is 1.84. The molecule has 122 valence electrons. The van der Waals surface area contributed by atoms with Crippen molar-refractivity contribution in [1.82, 2.24) is 9.88 Å². The maximum absolute atomic E-state index is 12.2. The molecule has 1 aromatic carbocycles. The topological polar surface area (TPSA) is 94.8 Å². The van der Waals surface area contributed by atoms with Crippen LogP contribution in [0.25, 0.3) is 17.0 Å². The molecule has 25 heavy (non-hydrogen) atoms. The largest absolute Gasteiger partial charge is 0.467 e. The standard InChI is InChI=1S/C19H14N4O2/c20-9-14(10-21)8-15-12-23(18-6-2-1-5-17(15)18)13-19(24)22-11-16-4-3-7-25-16/h1-8,12H,11,13H2,(H,22,24). The summed E-state index contributed by atoms with van der Waals surface area (Å²) in [6, 6.07) is 14.8. The fraction of sp³-hybridized carbons (Fsp3) is 0.105. The minimum atomic E-state index is -0.159. The van der Waals surface area contributed by atoms with Crippen LogP contribution in [0.3, 0.4) is 0 Å². The maximum Gasteiger partial charge on any atom is 0.240 e. The van der Waals surface area contributed by atoms with Crippen molar-refractivity contribution in [3.63, 3.8) is 0 Å². The zero-order valence-corrected chi connectivity index (χ0v) is 13.3. The Morgan fingerprint density at radius 1 is 1.20 bits per heavy atom. The van der Waals surface area contributed by atoms with Gasteiger partial charge in [-0.15, -0.1) is 0 Å². The van der Waals surface area contributed by atoms with E-state index in [4.69, 9.17) is 14.9 Å². The molecular formula is C19H14N4O2. The van der Waals surface area contributed by atoms with E-state index >= 15 is 0 Å². The van der Waals surface area contributed by atoms with Crippen LogP contribution in [0.2, 0.25) is 0 Å². The first kappa shape index (κ1) is 16.1. The number of furan rings is 1. The van der Waals surface area contributed by atoms with Crippen LogP contribution in [0, 0.1) is 22.7 Å². The van der Waals surface area contributed by atoms with E-state index in [2.05, 4.69) is 5.32 Å². The van der Waals surface area contributed by atoms with E-state index in [9.17, 15) is 4.79 Å². The summed E-state index contributed by atoms with van der Waals surface area (Å²) in [5.74, 6) is 0.524. The molecule has 0 radical (unpaired) electrons. The van der Waals surface area contributed by atoms with Gasteiger partial charge in [-0.2, -0.15) is 10.5 Å². The average Bonchev–Trinajstić information content (AvgIpc) is 3.27. The predicted molar refractivity (Wildman–Crippen MR) is 91.7 cm³/mol. The van der Waals surface area contributed by atoms with Crippen LogP contribution in [0.4, 0.5) is 0 Å². The molecule has 1 amide bonds. The molecule has 3 rings (SSSR count). The number of hydrogen-bond acceptors (Lipinski definition) is 4. The normalized spacial score (nSPS) is 10.0. The fourth-order valence-electron chi connectivity index (χ4n) is 2.58. The fourth-order valence-corrected chi connectivity index (χ4v) is 2.58. The number of carbonyl (C=O) groups is 1. The zero-order valence-electron chi connectivity index (χ0n) is 13.3. The van der Waals surface area contributed by atoms with Gasteiger partial charge in [0.25, 0.3) is 0 Å². The molecule has 2 aromatic heterocycles. The van der Waals surface area contributed by atoms with Gasteiger partial charge in [0.1, 0.15) is 30.0 Å². The highest BCUT2D eigenvalue weighted by Gasteiger charge is 2.11. The number of nitriles is 2. The van der Waals surface area contributed by atoms with Gasteiger partial charge in [-0.25, -0.2) is 0 Å². The molecule has 0 aliphatic heterocycles. The average molecular weight is 330 g/mol. The van der Waals surface area contributed by atoms with E-state index in [1.165, 1.54) is 6.08 Å². The Morgan fingerprint density at radius 2 is 2.00 bits per heavy atom. The smallest absolute Gasteiger partial charge is 0.240 e. The molecule has 0 aliphatic carbocycles. The molecule has 0 bridgehead atoms. The number of amides is 1. The first-order valence-electron chi connectivity index (χ1n) is 7.60. The summed E-state index contributed by atoms with van der Waals surface area (Å²) >= 11 is 0. The molecule has 1 N–H and O–H groups in total. The predicted octanol–water partition coefficient (Wildman–Crippen LogP) is 2.98. The van der Waals surface area contributed by atoms with Crippen molar-refractivity contribution in [3.05, 3.63) is 65.8 Å². The summed E-state index contributed by atoms with van der Waals surface area (Å²) in [6.45, 7) is 0.453. The van der Waals surface area contributed by atoms with Crippen molar-refractivity contribution in [3.8, 4) is 12.1 Å². The van der Waals surface area contributed by atoms with Crippen molar-refractivity contribution in [2.75, 3.05) is 0 Å². The summed E-state index contributed by atoms with van der Waals surface area (Å²) in [7, 11) is 0. The minimum absolute atomic E-state index is 0.0187. The molecule has 0 spiro atoms. The van der Waals surface area contributed by atoms with E-state index in [0.29, 0.717) is 12.3 Å². The Hall–Kier alpha value is -3.77. The number of carbonyl (C=O) groups excluding carboxylic acids is 1. The van der Waals surface area contributed by atoms with E-state index in [1.807, 2.05) is 36.4 Å². The number of fused-ring (bicyclic) bond motifs is 1. The summed E-state index contributed by atoms with van der Waals surface area (Å²) < 4.78 is 6.98. The van der Waals surface area contributed by atoms with Gasteiger partial charge in [0, 0.05) is 22.7 Å². The molecule has 0 atom stereocenters. The van der Waals surface area contributed by atoms with Crippen LogP contribution in [-0.2, 0) is 17.9 Å². The molecular weight excluding hydrogens is 316 g/mol.